The highest BCUT2D eigenvalue weighted by Crippen LogP contribution is 2.51. The van der Waals surface area contributed by atoms with Crippen LogP contribution in [-0.2, 0) is 4.79 Å². The van der Waals surface area contributed by atoms with E-state index in [1.807, 2.05) is 54.4 Å². The number of fused-ring (bicyclic) bond motifs is 1. The molecular formula is C23H21Cl2N3OS2. The standard InChI is InChI=1S/C23H21Cl2N3OS2/c1-27-18-13-15(25)10-11-19(18)30-22(27)20-21(29)28(17-8-3-2-4-9-17)23(31-20)26-16-7-5-6-14(24)12-16/h5-7,10-13,17H,2-4,8-9H2,1H3. The van der Waals surface area contributed by atoms with E-state index >= 15 is 0 Å². The van der Waals surface area contributed by atoms with Crippen molar-refractivity contribution in [3.05, 3.63) is 62.4 Å². The van der Waals surface area contributed by atoms with Gasteiger partial charge in [-0.1, -0.05) is 60.3 Å². The highest BCUT2D eigenvalue weighted by molar-refractivity contribution is 8.19. The molecule has 31 heavy (non-hydrogen) atoms. The first-order chi connectivity index (χ1) is 15.0. The number of anilines is 1. The first kappa shape index (κ1) is 21.3. The number of nitrogens with zero attached hydrogens (tertiary/aromatic N) is 3. The summed E-state index contributed by atoms with van der Waals surface area (Å²) in [7, 11) is 1.99. The molecule has 2 heterocycles. The number of amides is 1. The van der Waals surface area contributed by atoms with E-state index in [1.165, 1.54) is 18.2 Å². The summed E-state index contributed by atoms with van der Waals surface area (Å²) < 4.78 is 0. The topological polar surface area (TPSA) is 35.9 Å². The van der Waals surface area contributed by atoms with Gasteiger partial charge in [0.25, 0.3) is 5.91 Å². The van der Waals surface area contributed by atoms with Crippen LogP contribution < -0.4 is 4.90 Å². The summed E-state index contributed by atoms with van der Waals surface area (Å²) in [5.41, 5.74) is 1.79. The summed E-state index contributed by atoms with van der Waals surface area (Å²) in [5.74, 6) is 0.0472. The molecule has 2 aromatic carbocycles. The van der Waals surface area contributed by atoms with Crippen LogP contribution in [0.2, 0.25) is 10.0 Å². The van der Waals surface area contributed by atoms with Crippen LogP contribution >= 0.6 is 46.7 Å². The molecule has 0 unspecified atom stereocenters. The van der Waals surface area contributed by atoms with E-state index in [-0.39, 0.29) is 11.9 Å². The SMILES string of the molecule is CN1C(=C2SC(=Nc3cccc(Cl)c3)N(C3CCCCC3)C2=O)Sc2ccc(Cl)cc21. The first-order valence-electron chi connectivity index (χ1n) is 10.3. The minimum atomic E-state index is 0.0472. The maximum Gasteiger partial charge on any atom is 0.269 e. The Morgan fingerprint density at radius 1 is 1.00 bits per heavy atom. The van der Waals surface area contributed by atoms with E-state index in [0.29, 0.717) is 10.0 Å². The summed E-state index contributed by atoms with van der Waals surface area (Å²) >= 11 is 15.5. The Kier molecular flexibility index (Phi) is 5.99. The molecule has 2 aliphatic heterocycles. The van der Waals surface area contributed by atoms with E-state index in [0.717, 1.165) is 57.1 Å². The summed E-state index contributed by atoms with van der Waals surface area (Å²) in [6, 6.07) is 13.5. The van der Waals surface area contributed by atoms with Crippen LogP contribution in [-0.4, -0.2) is 29.1 Å². The lowest BCUT2D eigenvalue weighted by Crippen LogP contribution is -2.40. The first-order valence-corrected chi connectivity index (χ1v) is 12.7. The van der Waals surface area contributed by atoms with Crippen LogP contribution in [0.3, 0.4) is 0 Å². The Hall–Kier alpha value is -1.60. The van der Waals surface area contributed by atoms with Crippen molar-refractivity contribution in [3.8, 4) is 0 Å². The molecule has 160 valence electrons. The highest BCUT2D eigenvalue weighted by Gasteiger charge is 2.42. The van der Waals surface area contributed by atoms with Gasteiger partial charge in [-0.3, -0.25) is 9.69 Å². The molecule has 3 aliphatic rings. The van der Waals surface area contributed by atoms with Crippen molar-refractivity contribution in [2.45, 2.75) is 43.0 Å². The number of halogens is 2. The average Bonchev–Trinajstić information content (AvgIpc) is 3.25. The largest absolute Gasteiger partial charge is 0.337 e. The van der Waals surface area contributed by atoms with Gasteiger partial charge in [0.05, 0.1) is 16.4 Å². The maximum atomic E-state index is 13.7. The number of thioether (sulfide) groups is 2. The van der Waals surface area contributed by atoms with E-state index < -0.39 is 0 Å². The minimum absolute atomic E-state index is 0.0472. The Labute approximate surface area is 200 Å². The van der Waals surface area contributed by atoms with Gasteiger partial charge in [0.2, 0.25) is 0 Å². The molecule has 4 nitrogen and oxygen atoms in total. The number of carbonyl (C=O) groups excluding carboxylic acids is 1. The number of amidine groups is 1. The lowest BCUT2D eigenvalue weighted by Gasteiger charge is -2.30. The molecule has 1 saturated carbocycles. The van der Waals surface area contributed by atoms with Crippen LogP contribution in [0.25, 0.3) is 0 Å². The average molecular weight is 490 g/mol. The number of aliphatic imine (C=N–C) groups is 1. The molecule has 0 atom stereocenters. The van der Waals surface area contributed by atoms with Gasteiger partial charge in [0.15, 0.2) is 5.17 Å². The summed E-state index contributed by atoms with van der Waals surface area (Å²) in [6.45, 7) is 0. The van der Waals surface area contributed by atoms with Crippen LogP contribution in [0.4, 0.5) is 11.4 Å². The number of carbonyl (C=O) groups is 1. The zero-order valence-corrected chi connectivity index (χ0v) is 20.1. The molecule has 5 rings (SSSR count). The highest BCUT2D eigenvalue weighted by atomic mass is 35.5. The molecule has 1 amide bonds. The molecular weight excluding hydrogens is 469 g/mol. The smallest absolute Gasteiger partial charge is 0.269 e. The van der Waals surface area contributed by atoms with Crippen molar-refractivity contribution < 1.29 is 4.79 Å². The van der Waals surface area contributed by atoms with E-state index in [4.69, 9.17) is 28.2 Å². The van der Waals surface area contributed by atoms with Gasteiger partial charge in [0, 0.05) is 28.0 Å². The zero-order valence-electron chi connectivity index (χ0n) is 17.0. The van der Waals surface area contributed by atoms with Gasteiger partial charge >= 0.3 is 0 Å². The second-order valence-corrected chi connectivity index (χ2v) is 10.7. The van der Waals surface area contributed by atoms with E-state index in [2.05, 4.69) is 4.90 Å². The van der Waals surface area contributed by atoms with Crippen molar-refractivity contribution >= 4 is 69.2 Å². The van der Waals surface area contributed by atoms with Gasteiger partial charge in [0.1, 0.15) is 4.91 Å². The summed E-state index contributed by atoms with van der Waals surface area (Å²) in [4.78, 5) is 24.4. The Morgan fingerprint density at radius 3 is 2.55 bits per heavy atom. The number of rotatable bonds is 2. The second-order valence-electron chi connectivity index (χ2n) is 7.85. The van der Waals surface area contributed by atoms with Crippen LogP contribution in [0.15, 0.2) is 62.3 Å². The van der Waals surface area contributed by atoms with Gasteiger partial charge in [-0.2, -0.15) is 0 Å². The molecule has 2 aromatic rings. The fourth-order valence-electron chi connectivity index (χ4n) is 4.23. The third-order valence-electron chi connectivity index (χ3n) is 5.77. The molecule has 2 fully saturated rings. The lowest BCUT2D eigenvalue weighted by molar-refractivity contribution is -0.124. The van der Waals surface area contributed by atoms with Crippen molar-refractivity contribution in [1.29, 1.82) is 0 Å². The predicted octanol–water partition coefficient (Wildman–Crippen LogP) is 7.30. The molecule has 0 bridgehead atoms. The van der Waals surface area contributed by atoms with E-state index in [1.54, 1.807) is 11.8 Å². The zero-order chi connectivity index (χ0) is 21.5. The van der Waals surface area contributed by atoms with Crippen molar-refractivity contribution in [2.24, 2.45) is 4.99 Å². The minimum Gasteiger partial charge on any atom is -0.337 e. The van der Waals surface area contributed by atoms with Gasteiger partial charge in [-0.25, -0.2) is 4.99 Å². The lowest BCUT2D eigenvalue weighted by atomic mass is 9.94. The second kappa shape index (κ2) is 8.74. The fourth-order valence-corrected chi connectivity index (χ4v) is 6.96. The summed E-state index contributed by atoms with van der Waals surface area (Å²) in [6.07, 6.45) is 5.56. The van der Waals surface area contributed by atoms with Gasteiger partial charge in [-0.05, 0) is 61.0 Å². The molecule has 1 aliphatic carbocycles. The molecule has 0 spiro atoms. The predicted molar refractivity (Wildman–Crippen MR) is 133 cm³/mol. The van der Waals surface area contributed by atoms with Gasteiger partial charge < -0.3 is 4.90 Å². The van der Waals surface area contributed by atoms with Crippen LogP contribution in [0.1, 0.15) is 32.1 Å². The number of benzene rings is 2. The number of hydrogen-bond acceptors (Lipinski definition) is 5. The quantitative estimate of drug-likeness (QED) is 0.414. The van der Waals surface area contributed by atoms with Crippen molar-refractivity contribution in [2.75, 3.05) is 11.9 Å². The molecule has 0 radical (unpaired) electrons. The normalized spacial score (nSPS) is 23.2. The third-order valence-corrected chi connectivity index (χ3v) is 8.65. The Balaban J connectivity index is 1.56. The molecule has 0 N–H and O–H groups in total. The van der Waals surface area contributed by atoms with Crippen molar-refractivity contribution in [3.63, 3.8) is 0 Å². The monoisotopic (exact) mass is 489 g/mol. The third kappa shape index (κ3) is 4.11. The number of hydrogen-bond donors (Lipinski definition) is 0. The van der Waals surface area contributed by atoms with Crippen LogP contribution in [0, 0.1) is 0 Å². The maximum absolute atomic E-state index is 13.7. The Bertz CT molecular complexity index is 1110. The van der Waals surface area contributed by atoms with Gasteiger partial charge in [-0.15, -0.1) is 0 Å². The van der Waals surface area contributed by atoms with E-state index in [9.17, 15) is 4.79 Å². The summed E-state index contributed by atoms with van der Waals surface area (Å²) in [5, 5.41) is 3.00. The van der Waals surface area contributed by atoms with Crippen LogP contribution in [0.5, 0.6) is 0 Å². The fraction of sp³-hybridized carbons (Fsp3) is 0.304. The molecule has 8 heteroatoms. The molecule has 0 aromatic heterocycles. The van der Waals surface area contributed by atoms with Crippen molar-refractivity contribution in [1.82, 2.24) is 4.90 Å². The Morgan fingerprint density at radius 2 is 1.77 bits per heavy atom. The molecule has 1 saturated heterocycles.